The number of nitrogens with zero attached hydrogens (tertiary/aromatic N) is 4. The van der Waals surface area contributed by atoms with Gasteiger partial charge in [-0.25, -0.2) is 4.98 Å². The van der Waals surface area contributed by atoms with E-state index >= 15 is 0 Å². The molecule has 4 rings (SSSR count). The van der Waals surface area contributed by atoms with Crippen LogP contribution in [0.25, 0.3) is 0 Å². The third-order valence-electron chi connectivity index (χ3n) is 3.83. The second-order valence-electron chi connectivity index (χ2n) is 5.58. The number of amidine groups is 1. The number of aryl methyl sites for hydroxylation is 2. The fraction of sp³-hybridized carbons (Fsp3) is 0.111. The lowest BCUT2D eigenvalue weighted by Gasteiger charge is -2.25. The molecule has 10 heteroatoms. The van der Waals surface area contributed by atoms with Crippen LogP contribution in [-0.2, 0) is 0 Å². The van der Waals surface area contributed by atoms with Crippen LogP contribution in [0.4, 0.5) is 10.8 Å². The van der Waals surface area contributed by atoms with E-state index in [9.17, 15) is 0 Å². The van der Waals surface area contributed by atoms with Gasteiger partial charge in [0.05, 0.1) is 11.4 Å². The molecule has 2 aromatic carbocycles. The second-order valence-corrected chi connectivity index (χ2v) is 6.77. The maximum Gasteiger partial charge on any atom is 0.228 e. The first-order valence-electron chi connectivity index (χ1n) is 8.13. The molecule has 0 bridgehead atoms. The Labute approximate surface area is 176 Å². The molecule has 0 amide bonds. The molecular formula is C18H18BrN6O2S-. The minimum atomic E-state index is 0. The molecule has 0 radical (unpaired) electrons. The van der Waals surface area contributed by atoms with E-state index in [4.69, 9.17) is 15.2 Å². The Morgan fingerprint density at radius 3 is 2.14 bits per heavy atom. The number of rotatable bonds is 3. The third-order valence-corrected chi connectivity index (χ3v) is 4.88. The number of hydrogen-bond donors (Lipinski definition) is 2. The van der Waals surface area contributed by atoms with Crippen LogP contribution < -0.4 is 38.0 Å². The summed E-state index contributed by atoms with van der Waals surface area (Å²) < 4.78 is 0. The number of hydrogen-bond acceptors (Lipinski definition) is 8. The first kappa shape index (κ1) is 21.3. The van der Waals surface area contributed by atoms with Gasteiger partial charge in [0.15, 0.2) is 5.84 Å². The summed E-state index contributed by atoms with van der Waals surface area (Å²) in [6.07, 6.45) is 0. The highest BCUT2D eigenvalue weighted by molar-refractivity contribution is 7.15. The van der Waals surface area contributed by atoms with Crippen molar-refractivity contribution in [3.05, 3.63) is 86.9 Å². The van der Waals surface area contributed by atoms with Crippen LogP contribution in [0.3, 0.4) is 0 Å². The maximum atomic E-state index is 8.12. The molecular weight excluding hydrogens is 444 g/mol. The Balaban J connectivity index is 0.000000660. The van der Waals surface area contributed by atoms with E-state index in [0.29, 0.717) is 0 Å². The van der Waals surface area contributed by atoms with Crippen LogP contribution in [0.15, 0.2) is 65.8 Å². The van der Waals surface area contributed by atoms with Gasteiger partial charge in [-0.3, -0.25) is 15.5 Å². The first-order chi connectivity index (χ1) is 13.1. The van der Waals surface area contributed by atoms with E-state index in [1.807, 2.05) is 77.8 Å². The predicted molar refractivity (Wildman–Crippen MR) is 107 cm³/mol. The molecule has 0 fully saturated rings. The van der Waals surface area contributed by atoms with Crippen molar-refractivity contribution in [1.82, 2.24) is 10.4 Å². The molecule has 0 atom stereocenters. The van der Waals surface area contributed by atoms with Crippen molar-refractivity contribution in [2.45, 2.75) is 13.8 Å². The largest absolute Gasteiger partial charge is 1.00 e. The normalized spacial score (nSPS) is 12.3. The lowest BCUT2D eigenvalue weighted by molar-refractivity contribution is -0.398. The summed E-state index contributed by atoms with van der Waals surface area (Å²) in [7, 11) is 0. The van der Waals surface area contributed by atoms with Gasteiger partial charge in [0.25, 0.3) is 0 Å². The molecule has 3 aromatic rings. The van der Waals surface area contributed by atoms with Gasteiger partial charge in [-0.05, 0) is 26.0 Å². The van der Waals surface area contributed by atoms with Crippen LogP contribution in [-0.4, -0.2) is 10.8 Å². The van der Waals surface area contributed by atoms with Crippen molar-refractivity contribution in [2.24, 2.45) is 5.10 Å². The summed E-state index contributed by atoms with van der Waals surface area (Å²) in [6, 6.07) is 20.1. The number of para-hydroxylation sites is 1. The zero-order valence-electron chi connectivity index (χ0n) is 15.2. The van der Waals surface area contributed by atoms with Gasteiger partial charge in [-0.2, -0.15) is 0 Å². The standard InChI is InChI=1S/C18H17N5S.BrH.HNO2/c1-13-14(2)24-18(19-13)23-21-17(15-9-5-3-6-10-15)20-22(23)16-11-7-4-8-12-16;;2-1-3/h3-12H,1-2H3,(H,20,21);1H;1H/p-1. The van der Waals surface area contributed by atoms with Crippen molar-refractivity contribution in [3.8, 4) is 0 Å². The number of nitrogens with one attached hydrogen (secondary N) is 2. The number of hydrazone groups is 1. The molecule has 2 heterocycles. The van der Waals surface area contributed by atoms with Gasteiger partial charge >= 0.3 is 0 Å². The fourth-order valence-electron chi connectivity index (χ4n) is 2.44. The van der Waals surface area contributed by atoms with E-state index in [2.05, 4.69) is 17.3 Å². The van der Waals surface area contributed by atoms with E-state index in [1.54, 1.807) is 11.3 Å². The smallest absolute Gasteiger partial charge is 0.228 e. The molecule has 2 N–H and O–H groups in total. The van der Waals surface area contributed by atoms with Crippen molar-refractivity contribution < 1.29 is 22.3 Å². The van der Waals surface area contributed by atoms with Gasteiger partial charge < -0.3 is 17.0 Å². The zero-order valence-corrected chi connectivity index (χ0v) is 17.6. The highest BCUT2D eigenvalue weighted by atomic mass is 79.9. The van der Waals surface area contributed by atoms with E-state index in [1.165, 1.54) is 4.88 Å². The number of aromatic nitrogens is 1. The van der Waals surface area contributed by atoms with Gasteiger partial charge in [0.1, 0.15) is 0 Å². The Morgan fingerprint density at radius 1 is 1.04 bits per heavy atom. The first-order valence-corrected chi connectivity index (χ1v) is 8.95. The van der Waals surface area contributed by atoms with Gasteiger partial charge in [-0.1, -0.05) is 59.9 Å². The second kappa shape index (κ2) is 9.81. The number of anilines is 2. The van der Waals surface area contributed by atoms with Crippen LogP contribution in [0.1, 0.15) is 16.1 Å². The molecule has 0 spiro atoms. The number of halogens is 1. The average molecular weight is 462 g/mol. The van der Waals surface area contributed by atoms with Crippen LogP contribution >= 0.6 is 11.3 Å². The summed E-state index contributed by atoms with van der Waals surface area (Å²) in [4.78, 5) is 14.0. The topological polar surface area (TPSA) is 97.9 Å². The van der Waals surface area contributed by atoms with Crippen molar-refractivity contribution in [2.75, 3.05) is 10.2 Å². The molecule has 1 aliphatic heterocycles. The number of thiazole rings is 1. The van der Waals surface area contributed by atoms with E-state index in [0.717, 1.165) is 27.9 Å². The summed E-state index contributed by atoms with van der Waals surface area (Å²) in [6.45, 7) is 4.11. The molecule has 8 nitrogen and oxygen atoms in total. The van der Waals surface area contributed by atoms with Gasteiger partial charge in [0.2, 0.25) is 5.13 Å². The number of hydrazine groups is 2. The SMILES string of the molecule is Cc1nc(N2NC(c3ccccc3)=NN2c2ccccc2)sc1C.O=[NH+][O-].[Br-]. The third kappa shape index (κ3) is 4.65. The predicted octanol–water partition coefficient (Wildman–Crippen LogP) is -0.797. The van der Waals surface area contributed by atoms with Crippen molar-refractivity contribution in [1.29, 1.82) is 0 Å². The molecule has 28 heavy (non-hydrogen) atoms. The molecule has 0 unspecified atom stereocenters. The molecule has 0 aliphatic carbocycles. The van der Waals surface area contributed by atoms with Crippen molar-refractivity contribution >= 4 is 28.0 Å². The van der Waals surface area contributed by atoms with Crippen LogP contribution in [0, 0.1) is 24.0 Å². The molecule has 0 saturated heterocycles. The Bertz CT molecular complexity index is 916. The summed E-state index contributed by atoms with van der Waals surface area (Å²) in [5.74, 6) is 0.796. The fourth-order valence-corrected chi connectivity index (χ4v) is 3.30. The van der Waals surface area contributed by atoms with E-state index < -0.39 is 0 Å². The van der Waals surface area contributed by atoms with Crippen molar-refractivity contribution in [3.63, 3.8) is 0 Å². The van der Waals surface area contributed by atoms with Gasteiger partial charge in [-0.15, -0.1) is 15.3 Å². The van der Waals surface area contributed by atoms with Crippen LogP contribution in [0.2, 0.25) is 0 Å². The summed E-state index contributed by atoms with van der Waals surface area (Å²) >= 11 is 1.64. The summed E-state index contributed by atoms with van der Waals surface area (Å²) in [5, 5.41) is 17.7. The molecule has 146 valence electrons. The minimum absolute atomic E-state index is 0. The number of benzene rings is 2. The lowest BCUT2D eigenvalue weighted by Crippen LogP contribution is -3.00. The van der Waals surface area contributed by atoms with Gasteiger partial charge in [0, 0.05) is 15.8 Å². The quantitative estimate of drug-likeness (QED) is 0.391. The highest BCUT2D eigenvalue weighted by Gasteiger charge is 2.28. The average Bonchev–Trinajstić information content (AvgIpc) is 3.28. The molecule has 1 aromatic heterocycles. The monoisotopic (exact) mass is 461 g/mol. The lowest BCUT2D eigenvalue weighted by atomic mass is 10.2. The van der Waals surface area contributed by atoms with E-state index in [-0.39, 0.29) is 22.3 Å². The maximum absolute atomic E-state index is 8.12. The highest BCUT2D eigenvalue weighted by Crippen LogP contribution is 2.30. The molecule has 1 aliphatic rings. The zero-order chi connectivity index (χ0) is 19.2. The Kier molecular flexibility index (Phi) is 7.47. The Morgan fingerprint density at radius 2 is 1.61 bits per heavy atom. The summed E-state index contributed by atoms with van der Waals surface area (Å²) in [5.41, 5.74) is 6.42. The van der Waals surface area contributed by atoms with Crippen LogP contribution in [0.5, 0.6) is 0 Å². The molecule has 0 saturated carbocycles. The Hall–Kier alpha value is -2.98. The minimum Gasteiger partial charge on any atom is -1.00 e.